The zero-order valence-corrected chi connectivity index (χ0v) is 17.9. The Kier molecular flexibility index (Phi) is 6.43. The van der Waals surface area contributed by atoms with E-state index in [2.05, 4.69) is 5.32 Å². The molecule has 4 aromatic rings. The lowest BCUT2D eigenvalue weighted by atomic mass is 10.1. The normalized spacial score (nSPS) is 10.8. The predicted octanol–water partition coefficient (Wildman–Crippen LogP) is 5.00. The largest absolute Gasteiger partial charge is 0.497 e. The van der Waals surface area contributed by atoms with Gasteiger partial charge in [0.2, 0.25) is 5.91 Å². The van der Waals surface area contributed by atoms with Crippen molar-refractivity contribution in [2.24, 2.45) is 0 Å². The van der Waals surface area contributed by atoms with Gasteiger partial charge in [-0.25, -0.2) is 9.07 Å². The summed E-state index contributed by atoms with van der Waals surface area (Å²) in [5.41, 5.74) is 3.07. The van der Waals surface area contributed by atoms with Gasteiger partial charge < -0.3 is 10.1 Å². The number of carbonyl (C=O) groups excluding carboxylic acids is 1. The fourth-order valence-electron chi connectivity index (χ4n) is 3.25. The van der Waals surface area contributed by atoms with Crippen LogP contribution in [-0.4, -0.2) is 22.8 Å². The summed E-state index contributed by atoms with van der Waals surface area (Å²) in [5.74, 6) is 0.403. The topological polar surface area (TPSA) is 56.2 Å². The van der Waals surface area contributed by atoms with Gasteiger partial charge in [-0.15, -0.1) is 11.3 Å². The Bertz CT molecular complexity index is 1150. The highest BCUT2D eigenvalue weighted by atomic mass is 32.1. The minimum absolute atomic E-state index is 0.0281. The van der Waals surface area contributed by atoms with Gasteiger partial charge in [0.15, 0.2) is 0 Å². The molecule has 0 atom stereocenters. The molecule has 4 rings (SSSR count). The molecule has 5 nitrogen and oxygen atoms in total. The van der Waals surface area contributed by atoms with Crippen molar-refractivity contribution in [3.8, 4) is 22.7 Å². The summed E-state index contributed by atoms with van der Waals surface area (Å²) < 4.78 is 20.9. The van der Waals surface area contributed by atoms with Crippen LogP contribution >= 0.6 is 11.3 Å². The van der Waals surface area contributed by atoms with E-state index in [9.17, 15) is 9.18 Å². The maximum absolute atomic E-state index is 13.8. The second-order valence-electron chi connectivity index (χ2n) is 7.00. The standard InChI is InChI=1S/C24H22FN3O2S/c1-30-21-10-8-20(9-11-21)28-23(17-4-2-5-18(25)14-17)15-19(27-28)7-12-24(29)26-16-22-6-3-13-31-22/h2-6,8-11,13-15H,7,12,16H2,1H3,(H,26,29). The average Bonchev–Trinajstić information content (AvgIpc) is 3.46. The number of aryl methyl sites for hydroxylation is 1. The first kappa shape index (κ1) is 20.8. The number of aromatic nitrogens is 2. The number of rotatable bonds is 8. The van der Waals surface area contributed by atoms with Gasteiger partial charge in [-0.05, 0) is 53.9 Å². The third-order valence-electron chi connectivity index (χ3n) is 4.85. The van der Waals surface area contributed by atoms with Gasteiger partial charge in [0.25, 0.3) is 0 Å². The molecule has 2 aromatic carbocycles. The molecule has 0 saturated heterocycles. The van der Waals surface area contributed by atoms with Gasteiger partial charge in [0.05, 0.1) is 30.7 Å². The Morgan fingerprint density at radius 1 is 1.13 bits per heavy atom. The molecule has 0 radical (unpaired) electrons. The van der Waals surface area contributed by atoms with E-state index in [4.69, 9.17) is 9.84 Å². The molecule has 0 aliphatic rings. The summed E-state index contributed by atoms with van der Waals surface area (Å²) in [6.45, 7) is 0.533. The van der Waals surface area contributed by atoms with Gasteiger partial charge in [0, 0.05) is 23.3 Å². The summed E-state index contributed by atoms with van der Waals surface area (Å²) in [5, 5.41) is 9.62. The van der Waals surface area contributed by atoms with Crippen molar-refractivity contribution in [1.29, 1.82) is 0 Å². The molecule has 0 fully saturated rings. The molecule has 0 spiro atoms. The summed E-state index contributed by atoms with van der Waals surface area (Å²) in [4.78, 5) is 13.4. The number of carbonyl (C=O) groups is 1. The number of halogens is 1. The average molecular weight is 436 g/mol. The van der Waals surface area contributed by atoms with Crippen LogP contribution < -0.4 is 10.1 Å². The van der Waals surface area contributed by atoms with Crippen LogP contribution in [0.1, 0.15) is 17.0 Å². The van der Waals surface area contributed by atoms with Crippen LogP contribution in [-0.2, 0) is 17.8 Å². The van der Waals surface area contributed by atoms with Crippen molar-refractivity contribution in [1.82, 2.24) is 15.1 Å². The number of thiophene rings is 1. The number of hydrogen-bond acceptors (Lipinski definition) is 4. The van der Waals surface area contributed by atoms with Crippen LogP contribution in [0.2, 0.25) is 0 Å². The maximum atomic E-state index is 13.8. The highest BCUT2D eigenvalue weighted by Gasteiger charge is 2.14. The third kappa shape index (κ3) is 5.19. The second-order valence-corrected chi connectivity index (χ2v) is 8.03. The van der Waals surface area contributed by atoms with Crippen molar-refractivity contribution >= 4 is 17.2 Å². The van der Waals surface area contributed by atoms with Crippen molar-refractivity contribution in [2.75, 3.05) is 7.11 Å². The first-order valence-corrected chi connectivity index (χ1v) is 10.8. The van der Waals surface area contributed by atoms with Crippen LogP contribution in [0.4, 0.5) is 4.39 Å². The van der Waals surface area contributed by atoms with Gasteiger partial charge >= 0.3 is 0 Å². The summed E-state index contributed by atoms with van der Waals surface area (Å²) in [6.07, 6.45) is 0.815. The molecule has 1 N–H and O–H groups in total. The number of nitrogens with zero attached hydrogens (tertiary/aromatic N) is 2. The van der Waals surface area contributed by atoms with E-state index in [1.165, 1.54) is 12.1 Å². The summed E-state index contributed by atoms with van der Waals surface area (Å²) >= 11 is 1.61. The molecule has 0 aliphatic carbocycles. The molecule has 2 heterocycles. The van der Waals surface area contributed by atoms with E-state index >= 15 is 0 Å². The first-order valence-electron chi connectivity index (χ1n) is 9.91. The SMILES string of the molecule is COc1ccc(-n2nc(CCC(=O)NCc3cccs3)cc2-c2cccc(F)c2)cc1. The Labute approximate surface area is 184 Å². The predicted molar refractivity (Wildman–Crippen MR) is 120 cm³/mol. The zero-order chi connectivity index (χ0) is 21.6. The van der Waals surface area contributed by atoms with E-state index in [1.54, 1.807) is 29.2 Å². The third-order valence-corrected chi connectivity index (χ3v) is 5.72. The van der Waals surface area contributed by atoms with Gasteiger partial charge in [-0.3, -0.25) is 4.79 Å². The molecule has 0 aliphatic heterocycles. The highest BCUT2D eigenvalue weighted by Crippen LogP contribution is 2.26. The van der Waals surface area contributed by atoms with Crippen LogP contribution in [0, 0.1) is 5.82 Å². The minimum atomic E-state index is -0.311. The van der Waals surface area contributed by atoms with E-state index in [0.717, 1.165) is 33.3 Å². The van der Waals surface area contributed by atoms with Crippen LogP contribution in [0.3, 0.4) is 0 Å². The quantitative estimate of drug-likeness (QED) is 0.424. The first-order chi connectivity index (χ1) is 15.1. The fraction of sp³-hybridized carbons (Fsp3) is 0.167. The van der Waals surface area contributed by atoms with E-state index < -0.39 is 0 Å². The molecule has 31 heavy (non-hydrogen) atoms. The minimum Gasteiger partial charge on any atom is -0.497 e. The molecule has 0 bridgehead atoms. The molecule has 158 valence electrons. The molecular weight excluding hydrogens is 413 g/mol. The van der Waals surface area contributed by atoms with Crippen LogP contribution in [0.15, 0.2) is 72.1 Å². The second kappa shape index (κ2) is 9.57. The smallest absolute Gasteiger partial charge is 0.220 e. The molecular formula is C24H22FN3O2S. The molecule has 0 saturated carbocycles. The highest BCUT2D eigenvalue weighted by molar-refractivity contribution is 7.09. The zero-order valence-electron chi connectivity index (χ0n) is 17.0. The molecule has 2 aromatic heterocycles. The van der Waals surface area contributed by atoms with Crippen molar-refractivity contribution in [2.45, 2.75) is 19.4 Å². The lowest BCUT2D eigenvalue weighted by Gasteiger charge is -2.08. The number of hydrogen-bond donors (Lipinski definition) is 1. The van der Waals surface area contributed by atoms with E-state index in [0.29, 0.717) is 19.4 Å². The Morgan fingerprint density at radius 3 is 2.68 bits per heavy atom. The van der Waals surface area contributed by atoms with Crippen LogP contribution in [0.5, 0.6) is 5.75 Å². The monoisotopic (exact) mass is 435 g/mol. The maximum Gasteiger partial charge on any atom is 0.220 e. The van der Waals surface area contributed by atoms with Gasteiger partial charge in [-0.1, -0.05) is 18.2 Å². The van der Waals surface area contributed by atoms with Gasteiger partial charge in [-0.2, -0.15) is 5.10 Å². The summed E-state index contributed by atoms with van der Waals surface area (Å²) in [7, 11) is 1.61. The van der Waals surface area contributed by atoms with E-state index in [-0.39, 0.29) is 11.7 Å². The van der Waals surface area contributed by atoms with Crippen molar-refractivity contribution in [3.63, 3.8) is 0 Å². The molecule has 1 amide bonds. The van der Waals surface area contributed by atoms with Crippen molar-refractivity contribution < 1.29 is 13.9 Å². The Balaban J connectivity index is 1.54. The number of benzene rings is 2. The number of nitrogens with one attached hydrogen (secondary N) is 1. The van der Waals surface area contributed by atoms with Crippen LogP contribution in [0.25, 0.3) is 16.9 Å². The van der Waals surface area contributed by atoms with Gasteiger partial charge in [0.1, 0.15) is 11.6 Å². The number of amides is 1. The lowest BCUT2D eigenvalue weighted by Crippen LogP contribution is -2.22. The Hall–Kier alpha value is -3.45. The lowest BCUT2D eigenvalue weighted by molar-refractivity contribution is -0.121. The number of ether oxygens (including phenoxy) is 1. The molecule has 7 heteroatoms. The number of methoxy groups -OCH3 is 1. The van der Waals surface area contributed by atoms with E-state index in [1.807, 2.05) is 53.9 Å². The fourth-order valence-corrected chi connectivity index (χ4v) is 3.90. The Morgan fingerprint density at radius 2 is 1.97 bits per heavy atom. The van der Waals surface area contributed by atoms with Crippen molar-refractivity contribution in [3.05, 3.63) is 88.5 Å². The summed E-state index contributed by atoms with van der Waals surface area (Å²) in [6, 6.07) is 19.8. The molecule has 0 unspecified atom stereocenters.